The van der Waals surface area contributed by atoms with Crippen molar-refractivity contribution in [2.24, 2.45) is 7.05 Å². The van der Waals surface area contributed by atoms with Crippen molar-refractivity contribution >= 4 is 17.5 Å². The second-order valence-electron chi connectivity index (χ2n) is 3.00. The molecule has 0 aromatic carbocycles. The van der Waals surface area contributed by atoms with Gasteiger partial charge in [-0.2, -0.15) is 0 Å². The van der Waals surface area contributed by atoms with E-state index in [1.807, 2.05) is 14.0 Å². The normalized spacial score (nSPS) is 10.6. The molecule has 0 bridgehead atoms. The number of hydrogen-bond acceptors (Lipinski definition) is 3. The number of aromatic nitrogens is 3. The van der Waals surface area contributed by atoms with Gasteiger partial charge in [0, 0.05) is 19.4 Å². The molecule has 0 saturated carbocycles. The van der Waals surface area contributed by atoms with Gasteiger partial charge in [0.25, 0.3) is 0 Å². The van der Waals surface area contributed by atoms with E-state index in [2.05, 4.69) is 9.97 Å². The van der Waals surface area contributed by atoms with Crippen LogP contribution in [-0.2, 0) is 7.05 Å². The zero-order chi connectivity index (χ0) is 9.42. The Labute approximate surface area is 75.2 Å². The standard InChI is InChI=1S/C9H9N3O/c1-6-3-10-8-7(5-13)4-12(2)9(8)11-6/h3-5H,1-2H3. The molecule has 2 rings (SSSR count). The van der Waals surface area contributed by atoms with E-state index in [1.165, 1.54) is 0 Å². The van der Waals surface area contributed by atoms with Gasteiger partial charge in [-0.3, -0.25) is 9.78 Å². The van der Waals surface area contributed by atoms with Crippen LogP contribution >= 0.6 is 0 Å². The monoisotopic (exact) mass is 175 g/mol. The summed E-state index contributed by atoms with van der Waals surface area (Å²) in [6.45, 7) is 1.88. The first kappa shape index (κ1) is 7.91. The van der Waals surface area contributed by atoms with Crippen LogP contribution in [0.2, 0.25) is 0 Å². The van der Waals surface area contributed by atoms with Crippen LogP contribution in [0.3, 0.4) is 0 Å². The van der Waals surface area contributed by atoms with Crippen LogP contribution in [0.25, 0.3) is 11.2 Å². The highest BCUT2D eigenvalue weighted by Crippen LogP contribution is 2.14. The van der Waals surface area contributed by atoms with E-state index in [4.69, 9.17) is 0 Å². The maximum atomic E-state index is 10.6. The molecule has 0 unspecified atom stereocenters. The number of aryl methyl sites for hydroxylation is 2. The van der Waals surface area contributed by atoms with Crippen LogP contribution in [0.15, 0.2) is 12.4 Å². The van der Waals surface area contributed by atoms with E-state index in [1.54, 1.807) is 17.0 Å². The average Bonchev–Trinajstić information content (AvgIpc) is 2.43. The molecule has 0 aliphatic heterocycles. The highest BCUT2D eigenvalue weighted by Gasteiger charge is 2.07. The first-order chi connectivity index (χ1) is 6.22. The summed E-state index contributed by atoms with van der Waals surface area (Å²) in [6.07, 6.45) is 4.19. The van der Waals surface area contributed by atoms with Crippen LogP contribution in [0.5, 0.6) is 0 Å². The minimum atomic E-state index is 0.588. The summed E-state index contributed by atoms with van der Waals surface area (Å²) in [5.41, 5.74) is 2.86. The lowest BCUT2D eigenvalue weighted by molar-refractivity contribution is 0.112. The highest BCUT2D eigenvalue weighted by molar-refractivity contribution is 5.93. The molecule has 0 aliphatic carbocycles. The fourth-order valence-electron chi connectivity index (χ4n) is 1.33. The van der Waals surface area contributed by atoms with E-state index in [9.17, 15) is 4.79 Å². The molecule has 0 atom stereocenters. The van der Waals surface area contributed by atoms with Crippen molar-refractivity contribution in [1.82, 2.24) is 14.5 Å². The molecule has 2 aromatic rings. The smallest absolute Gasteiger partial charge is 0.159 e. The van der Waals surface area contributed by atoms with Crippen LogP contribution in [0.1, 0.15) is 16.1 Å². The Kier molecular flexibility index (Phi) is 1.62. The molecule has 0 spiro atoms. The SMILES string of the molecule is Cc1cnc2c(C=O)cn(C)c2n1. The molecule has 0 amide bonds. The molecule has 0 saturated heterocycles. The summed E-state index contributed by atoms with van der Waals surface area (Å²) in [5.74, 6) is 0. The van der Waals surface area contributed by atoms with Gasteiger partial charge in [0.1, 0.15) is 5.52 Å². The zero-order valence-corrected chi connectivity index (χ0v) is 7.48. The lowest BCUT2D eigenvalue weighted by atomic mass is 10.3. The first-order valence-corrected chi connectivity index (χ1v) is 3.96. The molecule has 4 heteroatoms. The van der Waals surface area contributed by atoms with Gasteiger partial charge in [0.2, 0.25) is 0 Å². The molecule has 4 nitrogen and oxygen atoms in total. The lowest BCUT2D eigenvalue weighted by Crippen LogP contribution is -1.91. The molecule has 2 aromatic heterocycles. The van der Waals surface area contributed by atoms with Crippen molar-refractivity contribution in [3.63, 3.8) is 0 Å². The third-order valence-electron chi connectivity index (χ3n) is 1.94. The summed E-state index contributed by atoms with van der Waals surface area (Å²) >= 11 is 0. The fraction of sp³-hybridized carbons (Fsp3) is 0.222. The van der Waals surface area contributed by atoms with Gasteiger partial charge in [0.05, 0.1) is 11.3 Å². The summed E-state index contributed by atoms with van der Waals surface area (Å²) in [4.78, 5) is 19.1. The Morgan fingerprint density at radius 2 is 2.31 bits per heavy atom. The molecular weight excluding hydrogens is 166 g/mol. The van der Waals surface area contributed by atoms with E-state index in [0.717, 1.165) is 17.6 Å². The number of rotatable bonds is 1. The van der Waals surface area contributed by atoms with Crippen LogP contribution in [0.4, 0.5) is 0 Å². The van der Waals surface area contributed by atoms with Gasteiger partial charge in [-0.05, 0) is 6.92 Å². The van der Waals surface area contributed by atoms with Crippen LogP contribution < -0.4 is 0 Å². The third kappa shape index (κ3) is 1.11. The summed E-state index contributed by atoms with van der Waals surface area (Å²) < 4.78 is 1.80. The Hall–Kier alpha value is -1.71. The first-order valence-electron chi connectivity index (χ1n) is 3.96. The molecule has 0 radical (unpaired) electrons. The Bertz CT molecular complexity index is 473. The minimum Gasteiger partial charge on any atom is -0.333 e. The van der Waals surface area contributed by atoms with Gasteiger partial charge < -0.3 is 4.57 Å². The quantitative estimate of drug-likeness (QED) is 0.609. The average molecular weight is 175 g/mol. The van der Waals surface area contributed by atoms with Gasteiger partial charge in [-0.1, -0.05) is 0 Å². The predicted octanol–water partition coefficient (Wildman–Crippen LogP) is 1.09. The highest BCUT2D eigenvalue weighted by atomic mass is 16.1. The summed E-state index contributed by atoms with van der Waals surface area (Å²) in [7, 11) is 1.85. The van der Waals surface area contributed by atoms with Gasteiger partial charge in [0.15, 0.2) is 11.9 Å². The minimum absolute atomic E-state index is 0.588. The van der Waals surface area contributed by atoms with E-state index in [0.29, 0.717) is 11.1 Å². The summed E-state index contributed by atoms with van der Waals surface area (Å²) in [6, 6.07) is 0. The van der Waals surface area contributed by atoms with Crippen molar-refractivity contribution in [2.45, 2.75) is 6.92 Å². The maximum absolute atomic E-state index is 10.6. The third-order valence-corrected chi connectivity index (χ3v) is 1.94. The Morgan fingerprint density at radius 3 is 3.00 bits per heavy atom. The number of aldehydes is 1. The molecular formula is C9H9N3O. The van der Waals surface area contributed by atoms with Crippen molar-refractivity contribution < 1.29 is 4.79 Å². The zero-order valence-electron chi connectivity index (χ0n) is 7.48. The predicted molar refractivity (Wildman–Crippen MR) is 48.6 cm³/mol. The van der Waals surface area contributed by atoms with Gasteiger partial charge in [-0.15, -0.1) is 0 Å². The molecule has 2 heterocycles. The van der Waals surface area contributed by atoms with Crippen molar-refractivity contribution in [3.05, 3.63) is 23.7 Å². The number of carbonyl (C=O) groups is 1. The van der Waals surface area contributed by atoms with Gasteiger partial charge >= 0.3 is 0 Å². The second kappa shape index (κ2) is 2.65. The number of carbonyl (C=O) groups excluding carboxylic acids is 1. The topological polar surface area (TPSA) is 47.8 Å². The molecule has 0 aliphatic rings. The second-order valence-corrected chi connectivity index (χ2v) is 3.00. The van der Waals surface area contributed by atoms with E-state index < -0.39 is 0 Å². The van der Waals surface area contributed by atoms with Crippen molar-refractivity contribution in [2.75, 3.05) is 0 Å². The lowest BCUT2D eigenvalue weighted by Gasteiger charge is -1.94. The molecule has 66 valence electrons. The molecule has 0 fully saturated rings. The summed E-state index contributed by atoms with van der Waals surface area (Å²) in [5, 5.41) is 0. The van der Waals surface area contributed by atoms with Gasteiger partial charge in [-0.25, -0.2) is 4.98 Å². The number of hydrogen-bond donors (Lipinski definition) is 0. The van der Waals surface area contributed by atoms with Crippen LogP contribution in [0, 0.1) is 6.92 Å². The van der Waals surface area contributed by atoms with E-state index in [-0.39, 0.29) is 0 Å². The molecule has 0 N–H and O–H groups in total. The van der Waals surface area contributed by atoms with Crippen LogP contribution in [-0.4, -0.2) is 20.8 Å². The largest absolute Gasteiger partial charge is 0.333 e. The maximum Gasteiger partial charge on any atom is 0.159 e. The number of nitrogens with zero attached hydrogens (tertiary/aromatic N) is 3. The fourth-order valence-corrected chi connectivity index (χ4v) is 1.33. The van der Waals surface area contributed by atoms with E-state index >= 15 is 0 Å². The Morgan fingerprint density at radius 1 is 1.54 bits per heavy atom. The number of fused-ring (bicyclic) bond motifs is 1. The van der Waals surface area contributed by atoms with Crippen molar-refractivity contribution in [3.8, 4) is 0 Å². The van der Waals surface area contributed by atoms with Crippen molar-refractivity contribution in [1.29, 1.82) is 0 Å². The Balaban J connectivity index is 2.88. The molecule has 13 heavy (non-hydrogen) atoms.